The maximum atomic E-state index is 12.4. The Balaban J connectivity index is 2.05. The number of hydrogen-bond donors (Lipinski definition) is 2. The zero-order valence-electron chi connectivity index (χ0n) is 12.1. The second kappa shape index (κ2) is 6.55. The van der Waals surface area contributed by atoms with Crippen LogP contribution in [0.5, 0.6) is 0 Å². The highest BCUT2D eigenvalue weighted by molar-refractivity contribution is 5.90. The van der Waals surface area contributed by atoms with Crippen molar-refractivity contribution >= 4 is 11.8 Å². The van der Waals surface area contributed by atoms with Gasteiger partial charge in [-0.3, -0.25) is 9.59 Å². The second-order valence-corrected chi connectivity index (χ2v) is 5.27. The molecule has 0 radical (unpaired) electrons. The summed E-state index contributed by atoms with van der Waals surface area (Å²) in [5.41, 5.74) is 2.36. The number of carbonyl (C=O) groups is 2. The molecular weight excluding hydrogens is 252 g/mol. The number of benzene rings is 1. The van der Waals surface area contributed by atoms with Gasteiger partial charge in [0.25, 0.3) is 0 Å². The number of fused-ring (bicyclic) bond motifs is 1. The zero-order valence-corrected chi connectivity index (χ0v) is 12.1. The van der Waals surface area contributed by atoms with Crippen LogP contribution in [0.1, 0.15) is 43.7 Å². The van der Waals surface area contributed by atoms with Crippen LogP contribution in [-0.2, 0) is 16.0 Å². The number of carbonyl (C=O) groups excluding carboxylic acids is 2. The molecule has 0 spiro atoms. The van der Waals surface area contributed by atoms with Crippen molar-refractivity contribution in [1.82, 2.24) is 10.6 Å². The molecule has 20 heavy (non-hydrogen) atoms. The molecule has 2 N–H and O–H groups in total. The Kier molecular flexibility index (Phi) is 4.77. The molecule has 1 aliphatic rings. The number of aryl methyl sites for hydroxylation is 1. The predicted molar refractivity (Wildman–Crippen MR) is 78.4 cm³/mol. The molecule has 4 nitrogen and oxygen atoms in total. The maximum Gasteiger partial charge on any atom is 0.242 e. The van der Waals surface area contributed by atoms with Gasteiger partial charge in [-0.1, -0.05) is 24.3 Å². The van der Waals surface area contributed by atoms with Gasteiger partial charge in [0.15, 0.2) is 0 Å². The highest BCUT2D eigenvalue weighted by Crippen LogP contribution is 2.31. The van der Waals surface area contributed by atoms with E-state index in [9.17, 15) is 9.59 Å². The monoisotopic (exact) mass is 274 g/mol. The molecule has 0 saturated heterocycles. The summed E-state index contributed by atoms with van der Waals surface area (Å²) in [6, 6.07) is 7.60. The number of hydrogen-bond acceptors (Lipinski definition) is 2. The Bertz CT molecular complexity index is 499. The first-order valence-electron chi connectivity index (χ1n) is 7.29. The van der Waals surface area contributed by atoms with Crippen LogP contribution < -0.4 is 10.6 Å². The average molecular weight is 274 g/mol. The minimum absolute atomic E-state index is 0.0455. The second-order valence-electron chi connectivity index (χ2n) is 5.27. The zero-order chi connectivity index (χ0) is 14.5. The Labute approximate surface area is 119 Å². The Morgan fingerprint density at radius 2 is 2.10 bits per heavy atom. The molecule has 0 aromatic heterocycles. The highest BCUT2D eigenvalue weighted by atomic mass is 16.2. The van der Waals surface area contributed by atoms with E-state index in [0.717, 1.165) is 24.8 Å². The fourth-order valence-electron chi connectivity index (χ4n) is 2.73. The van der Waals surface area contributed by atoms with Gasteiger partial charge < -0.3 is 10.6 Å². The maximum absolute atomic E-state index is 12.4. The highest BCUT2D eigenvalue weighted by Gasteiger charge is 2.27. The lowest BCUT2D eigenvalue weighted by molar-refractivity contribution is -0.129. The lowest BCUT2D eigenvalue weighted by atomic mass is 9.82. The van der Waals surface area contributed by atoms with Gasteiger partial charge in [0.05, 0.1) is 5.92 Å². The lowest BCUT2D eigenvalue weighted by Crippen LogP contribution is -2.46. The van der Waals surface area contributed by atoms with Gasteiger partial charge in [-0.2, -0.15) is 0 Å². The first-order chi connectivity index (χ1) is 9.63. The van der Waals surface area contributed by atoms with E-state index in [0.29, 0.717) is 6.54 Å². The smallest absolute Gasteiger partial charge is 0.242 e. The van der Waals surface area contributed by atoms with E-state index in [-0.39, 0.29) is 17.7 Å². The van der Waals surface area contributed by atoms with Gasteiger partial charge in [0, 0.05) is 6.54 Å². The van der Waals surface area contributed by atoms with Crippen molar-refractivity contribution < 1.29 is 9.59 Å². The third kappa shape index (κ3) is 3.18. The van der Waals surface area contributed by atoms with Crippen molar-refractivity contribution in [2.75, 3.05) is 6.54 Å². The van der Waals surface area contributed by atoms with Gasteiger partial charge in [-0.05, 0) is 44.2 Å². The fraction of sp³-hybridized carbons (Fsp3) is 0.500. The molecule has 2 amide bonds. The Hall–Kier alpha value is -1.84. The SMILES string of the molecule is CCNC(=O)[C@H](C)NC(=O)[C@@H]1CCCc2ccccc21. The van der Waals surface area contributed by atoms with Crippen LogP contribution in [-0.4, -0.2) is 24.4 Å². The van der Waals surface area contributed by atoms with Gasteiger partial charge in [0.1, 0.15) is 6.04 Å². The molecule has 2 rings (SSSR count). The molecule has 1 aromatic carbocycles. The lowest BCUT2D eigenvalue weighted by Gasteiger charge is -2.26. The summed E-state index contributed by atoms with van der Waals surface area (Å²) in [7, 11) is 0. The first-order valence-corrected chi connectivity index (χ1v) is 7.29. The minimum atomic E-state index is -0.489. The number of amides is 2. The van der Waals surface area contributed by atoms with Crippen molar-refractivity contribution in [3.63, 3.8) is 0 Å². The van der Waals surface area contributed by atoms with E-state index < -0.39 is 6.04 Å². The standard InChI is InChI=1S/C16H22N2O2/c1-3-17-15(19)11(2)18-16(20)14-10-6-8-12-7-4-5-9-13(12)14/h4-5,7,9,11,14H,3,6,8,10H2,1-2H3,(H,17,19)(H,18,20)/t11-,14+/m0/s1. The summed E-state index contributed by atoms with van der Waals surface area (Å²) >= 11 is 0. The molecule has 0 bridgehead atoms. The molecule has 0 heterocycles. The summed E-state index contributed by atoms with van der Waals surface area (Å²) in [6.07, 6.45) is 2.90. The van der Waals surface area contributed by atoms with Crippen LogP contribution in [0.4, 0.5) is 0 Å². The van der Waals surface area contributed by atoms with Gasteiger partial charge in [-0.15, -0.1) is 0 Å². The molecule has 0 fully saturated rings. The summed E-state index contributed by atoms with van der Waals surface area (Å²) in [5, 5.41) is 5.54. The molecule has 0 aliphatic heterocycles. The Morgan fingerprint density at radius 3 is 2.85 bits per heavy atom. The summed E-state index contributed by atoms with van der Waals surface area (Å²) in [6.45, 7) is 4.16. The van der Waals surface area contributed by atoms with E-state index in [2.05, 4.69) is 16.7 Å². The number of nitrogens with one attached hydrogen (secondary N) is 2. The van der Waals surface area contributed by atoms with E-state index in [1.807, 2.05) is 25.1 Å². The first kappa shape index (κ1) is 14.6. The summed E-state index contributed by atoms with van der Waals surface area (Å²) in [4.78, 5) is 24.1. The average Bonchev–Trinajstić information content (AvgIpc) is 2.46. The Morgan fingerprint density at radius 1 is 1.35 bits per heavy atom. The number of rotatable bonds is 4. The van der Waals surface area contributed by atoms with Crippen molar-refractivity contribution in [3.8, 4) is 0 Å². The molecule has 0 unspecified atom stereocenters. The van der Waals surface area contributed by atoms with Crippen molar-refractivity contribution in [1.29, 1.82) is 0 Å². The third-order valence-electron chi connectivity index (χ3n) is 3.79. The van der Waals surface area contributed by atoms with Crippen molar-refractivity contribution in [2.24, 2.45) is 0 Å². The van der Waals surface area contributed by atoms with Crippen molar-refractivity contribution in [2.45, 2.75) is 45.1 Å². The molecule has 1 aliphatic carbocycles. The van der Waals surface area contributed by atoms with Crippen LogP contribution >= 0.6 is 0 Å². The van der Waals surface area contributed by atoms with E-state index in [4.69, 9.17) is 0 Å². The van der Waals surface area contributed by atoms with E-state index >= 15 is 0 Å². The predicted octanol–water partition coefficient (Wildman–Crippen LogP) is 1.75. The van der Waals surface area contributed by atoms with Gasteiger partial charge in [0.2, 0.25) is 11.8 Å². The normalized spacial score (nSPS) is 18.8. The van der Waals surface area contributed by atoms with Crippen LogP contribution in [0.25, 0.3) is 0 Å². The number of likely N-dealkylation sites (N-methyl/N-ethyl adjacent to an activating group) is 1. The van der Waals surface area contributed by atoms with E-state index in [1.54, 1.807) is 6.92 Å². The molecule has 1 aromatic rings. The molecule has 0 saturated carbocycles. The topological polar surface area (TPSA) is 58.2 Å². The quantitative estimate of drug-likeness (QED) is 0.878. The van der Waals surface area contributed by atoms with Crippen LogP contribution in [0.3, 0.4) is 0 Å². The van der Waals surface area contributed by atoms with Crippen LogP contribution in [0.15, 0.2) is 24.3 Å². The summed E-state index contributed by atoms with van der Waals surface area (Å²) < 4.78 is 0. The molecule has 4 heteroatoms. The van der Waals surface area contributed by atoms with E-state index in [1.165, 1.54) is 5.56 Å². The largest absolute Gasteiger partial charge is 0.355 e. The third-order valence-corrected chi connectivity index (χ3v) is 3.79. The van der Waals surface area contributed by atoms with Gasteiger partial charge in [-0.25, -0.2) is 0 Å². The summed E-state index contributed by atoms with van der Waals surface area (Å²) in [5.74, 6) is -0.308. The van der Waals surface area contributed by atoms with Crippen LogP contribution in [0.2, 0.25) is 0 Å². The molecule has 2 atom stereocenters. The van der Waals surface area contributed by atoms with Crippen LogP contribution in [0, 0.1) is 0 Å². The van der Waals surface area contributed by atoms with Crippen molar-refractivity contribution in [3.05, 3.63) is 35.4 Å². The minimum Gasteiger partial charge on any atom is -0.355 e. The molecular formula is C16H22N2O2. The fourth-order valence-corrected chi connectivity index (χ4v) is 2.73. The van der Waals surface area contributed by atoms with Gasteiger partial charge >= 0.3 is 0 Å². The molecule has 108 valence electrons.